The number of hydrogen-bond donors (Lipinski definition) is 0. The summed E-state index contributed by atoms with van der Waals surface area (Å²) in [5, 5.41) is 0. The summed E-state index contributed by atoms with van der Waals surface area (Å²) in [5.41, 5.74) is 0. The molecule has 0 aromatic rings. The Kier molecular flexibility index (Phi) is 4.66. The van der Waals surface area contributed by atoms with Crippen LogP contribution in [0.5, 0.6) is 0 Å². The summed E-state index contributed by atoms with van der Waals surface area (Å²) in [6.07, 6.45) is 2.78. The lowest BCUT2D eigenvalue weighted by molar-refractivity contribution is 0.251. The Labute approximate surface area is 69.1 Å². The standard InChI is InChI=1S/C9H19N.FH/c1-4-9-6-7-10(5-2)8(9)3;/h8-9H,4-7H2,1-3H3;1H. The molecule has 1 saturated heterocycles. The highest BCUT2D eigenvalue weighted by Gasteiger charge is 2.27. The van der Waals surface area contributed by atoms with E-state index in [4.69, 9.17) is 0 Å². The number of hydrogen-bond acceptors (Lipinski definition) is 1. The fraction of sp³-hybridized carbons (Fsp3) is 1.00. The van der Waals surface area contributed by atoms with Crippen LogP contribution in [0.1, 0.15) is 33.6 Å². The van der Waals surface area contributed by atoms with E-state index in [2.05, 4.69) is 25.7 Å². The lowest BCUT2D eigenvalue weighted by Crippen LogP contribution is -2.29. The van der Waals surface area contributed by atoms with Gasteiger partial charge in [0.05, 0.1) is 0 Å². The monoisotopic (exact) mass is 161 g/mol. The average Bonchev–Trinajstić information content (AvgIpc) is 2.30. The lowest BCUT2D eigenvalue weighted by Gasteiger charge is -2.21. The fourth-order valence-corrected chi connectivity index (χ4v) is 2.07. The van der Waals surface area contributed by atoms with Gasteiger partial charge in [-0.1, -0.05) is 20.3 Å². The van der Waals surface area contributed by atoms with E-state index in [0.717, 1.165) is 12.0 Å². The maximum absolute atomic E-state index is 2.58. The maximum Gasteiger partial charge on any atom is 0.00954 e. The average molecular weight is 161 g/mol. The van der Waals surface area contributed by atoms with Gasteiger partial charge in [-0.05, 0) is 32.4 Å². The van der Waals surface area contributed by atoms with Gasteiger partial charge < -0.3 is 4.90 Å². The molecule has 0 radical (unpaired) electrons. The molecule has 1 rings (SSSR count). The number of nitrogens with zero attached hydrogens (tertiary/aromatic N) is 1. The van der Waals surface area contributed by atoms with Gasteiger partial charge in [-0.25, -0.2) is 0 Å². The summed E-state index contributed by atoms with van der Waals surface area (Å²) in [7, 11) is 0. The van der Waals surface area contributed by atoms with Crippen molar-refractivity contribution in [2.45, 2.75) is 39.7 Å². The van der Waals surface area contributed by atoms with E-state index in [9.17, 15) is 0 Å². The van der Waals surface area contributed by atoms with Crippen LogP contribution < -0.4 is 0 Å². The molecular weight excluding hydrogens is 141 g/mol. The van der Waals surface area contributed by atoms with Crippen LogP contribution in [-0.2, 0) is 0 Å². The first-order valence-electron chi connectivity index (χ1n) is 4.53. The first-order chi connectivity index (χ1) is 4.79. The van der Waals surface area contributed by atoms with Crippen molar-refractivity contribution < 1.29 is 4.70 Å². The first kappa shape index (κ1) is 10.9. The van der Waals surface area contributed by atoms with Crippen LogP contribution in [0.15, 0.2) is 0 Å². The van der Waals surface area contributed by atoms with Crippen LogP contribution in [0.25, 0.3) is 0 Å². The molecular formula is C9H20FN. The minimum atomic E-state index is 0. The highest BCUT2D eigenvalue weighted by Crippen LogP contribution is 2.25. The van der Waals surface area contributed by atoms with Crippen molar-refractivity contribution in [1.29, 1.82) is 0 Å². The molecule has 0 aliphatic carbocycles. The van der Waals surface area contributed by atoms with E-state index < -0.39 is 0 Å². The first-order valence-corrected chi connectivity index (χ1v) is 4.53. The molecule has 68 valence electrons. The summed E-state index contributed by atoms with van der Waals surface area (Å²) in [4.78, 5) is 2.58. The van der Waals surface area contributed by atoms with Gasteiger partial charge in [0.15, 0.2) is 0 Å². The van der Waals surface area contributed by atoms with Crippen molar-refractivity contribution in [2.75, 3.05) is 13.1 Å². The van der Waals surface area contributed by atoms with Gasteiger partial charge in [-0.3, -0.25) is 4.70 Å². The van der Waals surface area contributed by atoms with Crippen LogP contribution >= 0.6 is 0 Å². The Balaban J connectivity index is 0.000001000. The molecule has 1 aliphatic rings. The van der Waals surface area contributed by atoms with Crippen LogP contribution in [0, 0.1) is 5.92 Å². The predicted octanol–water partition coefficient (Wildman–Crippen LogP) is 2.28. The molecule has 2 heteroatoms. The van der Waals surface area contributed by atoms with Crippen LogP contribution in [0.4, 0.5) is 4.70 Å². The molecule has 1 fully saturated rings. The second-order valence-electron chi connectivity index (χ2n) is 3.33. The normalized spacial score (nSPS) is 31.9. The molecule has 0 N–H and O–H groups in total. The molecule has 1 nitrogen and oxygen atoms in total. The van der Waals surface area contributed by atoms with E-state index in [1.54, 1.807) is 0 Å². The van der Waals surface area contributed by atoms with Crippen molar-refractivity contribution in [3.8, 4) is 0 Å². The number of halogens is 1. The van der Waals surface area contributed by atoms with Crippen molar-refractivity contribution in [1.82, 2.24) is 4.90 Å². The molecule has 0 spiro atoms. The Morgan fingerprint density at radius 1 is 1.36 bits per heavy atom. The maximum atomic E-state index is 2.58. The van der Waals surface area contributed by atoms with E-state index in [1.165, 1.54) is 25.9 Å². The van der Waals surface area contributed by atoms with Gasteiger partial charge in [0, 0.05) is 6.04 Å². The molecule has 1 heterocycles. The van der Waals surface area contributed by atoms with Gasteiger partial charge in [0.1, 0.15) is 0 Å². The van der Waals surface area contributed by atoms with E-state index in [1.807, 2.05) is 0 Å². The van der Waals surface area contributed by atoms with Crippen LogP contribution in [-0.4, -0.2) is 24.0 Å². The second-order valence-corrected chi connectivity index (χ2v) is 3.33. The van der Waals surface area contributed by atoms with E-state index in [0.29, 0.717) is 0 Å². The topological polar surface area (TPSA) is 3.24 Å². The lowest BCUT2D eigenvalue weighted by atomic mass is 9.99. The highest BCUT2D eigenvalue weighted by molar-refractivity contribution is 4.81. The Morgan fingerprint density at radius 2 is 2.00 bits per heavy atom. The van der Waals surface area contributed by atoms with Crippen molar-refractivity contribution >= 4 is 0 Å². The molecule has 2 unspecified atom stereocenters. The van der Waals surface area contributed by atoms with E-state index >= 15 is 0 Å². The third-order valence-electron chi connectivity index (χ3n) is 2.98. The summed E-state index contributed by atoms with van der Waals surface area (Å²) in [6.45, 7) is 9.49. The SMILES string of the molecule is CCC1CCN(CC)C1C.F. The molecule has 0 bridgehead atoms. The predicted molar refractivity (Wildman–Crippen MR) is 47.6 cm³/mol. The Hall–Kier alpha value is -0.110. The quantitative estimate of drug-likeness (QED) is 0.600. The minimum absolute atomic E-state index is 0. The van der Waals surface area contributed by atoms with E-state index in [-0.39, 0.29) is 4.70 Å². The van der Waals surface area contributed by atoms with Crippen molar-refractivity contribution in [3.05, 3.63) is 0 Å². The molecule has 11 heavy (non-hydrogen) atoms. The molecule has 0 saturated carbocycles. The van der Waals surface area contributed by atoms with Crippen molar-refractivity contribution in [3.63, 3.8) is 0 Å². The molecule has 0 aromatic carbocycles. The highest BCUT2D eigenvalue weighted by atomic mass is 19.0. The smallest absolute Gasteiger partial charge is 0.00954 e. The molecule has 1 aliphatic heterocycles. The molecule has 0 aromatic heterocycles. The molecule has 2 atom stereocenters. The zero-order valence-electron chi connectivity index (χ0n) is 7.84. The minimum Gasteiger partial charge on any atom is -0.301 e. The zero-order chi connectivity index (χ0) is 7.56. The van der Waals surface area contributed by atoms with Gasteiger partial charge in [0.2, 0.25) is 0 Å². The third-order valence-corrected chi connectivity index (χ3v) is 2.98. The Bertz CT molecular complexity index is 93.7. The fourth-order valence-electron chi connectivity index (χ4n) is 2.07. The van der Waals surface area contributed by atoms with Gasteiger partial charge in [0.25, 0.3) is 0 Å². The summed E-state index contributed by atoms with van der Waals surface area (Å²) in [6, 6.07) is 0.843. The largest absolute Gasteiger partial charge is 0.301 e. The third kappa shape index (κ3) is 2.16. The second kappa shape index (κ2) is 4.70. The number of likely N-dealkylation sites (tertiary alicyclic amines) is 1. The van der Waals surface area contributed by atoms with Crippen LogP contribution in [0.2, 0.25) is 0 Å². The van der Waals surface area contributed by atoms with Crippen LogP contribution in [0.3, 0.4) is 0 Å². The zero-order valence-corrected chi connectivity index (χ0v) is 7.84. The van der Waals surface area contributed by atoms with Gasteiger partial charge in [-0.2, -0.15) is 0 Å². The van der Waals surface area contributed by atoms with Crippen molar-refractivity contribution in [2.24, 2.45) is 5.92 Å². The summed E-state index contributed by atoms with van der Waals surface area (Å²) < 4.78 is 0. The summed E-state index contributed by atoms with van der Waals surface area (Å²) >= 11 is 0. The Morgan fingerprint density at radius 3 is 2.27 bits per heavy atom. The summed E-state index contributed by atoms with van der Waals surface area (Å²) in [5.74, 6) is 0.972. The van der Waals surface area contributed by atoms with Gasteiger partial charge in [-0.15, -0.1) is 0 Å². The molecule has 0 amide bonds. The van der Waals surface area contributed by atoms with Gasteiger partial charge >= 0.3 is 0 Å². The number of rotatable bonds is 2.